The van der Waals surface area contributed by atoms with Crippen LogP contribution in [0.25, 0.3) is 72.1 Å². The first-order valence-corrected chi connectivity index (χ1v) is 17.0. The van der Waals surface area contributed by atoms with Gasteiger partial charge in [-0.25, -0.2) is 9.97 Å². The number of rotatable bonds is 2. The lowest BCUT2D eigenvalue weighted by atomic mass is 10.0. The van der Waals surface area contributed by atoms with Crippen LogP contribution in [0.5, 0.6) is 0 Å². The van der Waals surface area contributed by atoms with Crippen LogP contribution in [0.3, 0.4) is 0 Å². The van der Waals surface area contributed by atoms with E-state index >= 15 is 0 Å². The molecule has 9 rings (SSSR count). The molecule has 5 heteroatoms. The van der Waals surface area contributed by atoms with Crippen LogP contribution in [0.2, 0.25) is 13.1 Å². The topological polar surface area (TPSA) is 43.9 Å². The highest BCUT2D eigenvalue weighted by molar-refractivity contribution is 7.03. The fourth-order valence-corrected chi connectivity index (χ4v) is 9.83. The molecule has 41 heavy (non-hydrogen) atoms. The zero-order valence-electron chi connectivity index (χ0n) is 22.7. The SMILES string of the molecule is C[Si]1(C)c2ccccc2-c2c(-c3ccccc3)nc(-n3c4ccccc4c4c5c(ccc43)oc3ccccc35)nc21. The molecule has 0 atom stereocenters. The van der Waals surface area contributed by atoms with E-state index < -0.39 is 8.07 Å². The number of para-hydroxylation sites is 2. The first-order chi connectivity index (χ1) is 20.1. The maximum Gasteiger partial charge on any atom is 0.235 e. The Bertz CT molecular complexity index is 2350. The van der Waals surface area contributed by atoms with Crippen LogP contribution in [0.15, 0.2) is 120 Å². The van der Waals surface area contributed by atoms with Gasteiger partial charge in [-0.15, -0.1) is 0 Å². The van der Waals surface area contributed by atoms with Crippen LogP contribution in [0, 0.1) is 0 Å². The number of furan rings is 1. The van der Waals surface area contributed by atoms with Crippen LogP contribution < -0.4 is 10.5 Å². The number of hydrogen-bond acceptors (Lipinski definition) is 3. The Morgan fingerprint density at radius 2 is 1.34 bits per heavy atom. The number of hydrogen-bond donors (Lipinski definition) is 0. The predicted octanol–water partition coefficient (Wildman–Crippen LogP) is 7.94. The molecule has 8 aromatic rings. The summed E-state index contributed by atoms with van der Waals surface area (Å²) in [7, 11) is -2.07. The molecule has 0 N–H and O–H groups in total. The summed E-state index contributed by atoms with van der Waals surface area (Å²) in [6.45, 7) is 4.83. The molecule has 194 valence electrons. The lowest BCUT2D eigenvalue weighted by Gasteiger charge is -2.19. The van der Waals surface area contributed by atoms with Crippen molar-refractivity contribution in [1.29, 1.82) is 0 Å². The van der Waals surface area contributed by atoms with Gasteiger partial charge in [0.15, 0.2) is 0 Å². The van der Waals surface area contributed by atoms with Crippen molar-refractivity contribution >= 4 is 62.3 Å². The van der Waals surface area contributed by atoms with E-state index in [4.69, 9.17) is 14.4 Å². The van der Waals surface area contributed by atoms with E-state index in [1.165, 1.54) is 32.4 Å². The summed E-state index contributed by atoms with van der Waals surface area (Å²) in [4.78, 5) is 10.9. The largest absolute Gasteiger partial charge is 0.456 e. The second kappa shape index (κ2) is 8.02. The second-order valence-corrected chi connectivity index (χ2v) is 15.7. The van der Waals surface area contributed by atoms with Crippen molar-refractivity contribution in [1.82, 2.24) is 14.5 Å². The Morgan fingerprint density at radius 1 is 0.610 bits per heavy atom. The first-order valence-electron chi connectivity index (χ1n) is 14.0. The van der Waals surface area contributed by atoms with Crippen molar-refractivity contribution in [2.24, 2.45) is 0 Å². The molecular formula is C36H25N3OSi. The molecule has 3 aromatic heterocycles. The molecule has 0 saturated carbocycles. The molecule has 0 radical (unpaired) electrons. The fourth-order valence-electron chi connectivity index (χ4n) is 6.92. The van der Waals surface area contributed by atoms with Gasteiger partial charge >= 0.3 is 0 Å². The van der Waals surface area contributed by atoms with Crippen molar-refractivity contribution in [2.75, 3.05) is 0 Å². The molecule has 0 unspecified atom stereocenters. The van der Waals surface area contributed by atoms with Crippen LogP contribution >= 0.6 is 0 Å². The lowest BCUT2D eigenvalue weighted by Crippen LogP contribution is -2.51. The van der Waals surface area contributed by atoms with Gasteiger partial charge in [0.2, 0.25) is 5.95 Å². The molecule has 4 heterocycles. The van der Waals surface area contributed by atoms with Crippen LogP contribution in [0.1, 0.15) is 0 Å². The monoisotopic (exact) mass is 543 g/mol. The van der Waals surface area contributed by atoms with E-state index in [-0.39, 0.29) is 0 Å². The van der Waals surface area contributed by atoms with Crippen molar-refractivity contribution in [3.05, 3.63) is 115 Å². The fraction of sp³-hybridized carbons (Fsp3) is 0.0556. The molecule has 0 bridgehead atoms. The maximum atomic E-state index is 6.29. The van der Waals surface area contributed by atoms with E-state index in [1.807, 2.05) is 12.1 Å². The van der Waals surface area contributed by atoms with Crippen molar-refractivity contribution < 1.29 is 4.42 Å². The van der Waals surface area contributed by atoms with Gasteiger partial charge in [-0.05, 0) is 35.0 Å². The Labute approximate surface area is 237 Å². The number of nitrogens with zero attached hydrogens (tertiary/aromatic N) is 3. The average Bonchev–Trinajstić information content (AvgIpc) is 3.63. The summed E-state index contributed by atoms with van der Waals surface area (Å²) < 4.78 is 8.55. The summed E-state index contributed by atoms with van der Waals surface area (Å²) in [5.74, 6) is 0.717. The standard InChI is InChI=1S/C36H25N3OSi/c1-41(2)30-19-11-8-16-25(30)33-34(22-12-4-3-5-13-22)37-36(38-35(33)41)39-26-17-9-6-14-23(26)31-27(39)20-21-29-32(31)24-15-7-10-18-28(24)40-29/h3-21H,1-2H3. The molecular weight excluding hydrogens is 519 g/mol. The van der Waals surface area contributed by atoms with Gasteiger partial charge in [-0.3, -0.25) is 4.57 Å². The molecule has 0 spiro atoms. The highest BCUT2D eigenvalue weighted by atomic mass is 28.3. The van der Waals surface area contributed by atoms with E-state index in [0.717, 1.165) is 44.2 Å². The third-order valence-electron chi connectivity index (χ3n) is 8.78. The van der Waals surface area contributed by atoms with E-state index in [0.29, 0.717) is 5.95 Å². The Kier molecular flexibility index (Phi) is 4.46. The number of fused-ring (bicyclic) bond motifs is 10. The maximum absolute atomic E-state index is 6.29. The Balaban J connectivity index is 1.44. The molecule has 0 saturated heterocycles. The van der Waals surface area contributed by atoms with Gasteiger partial charge in [0.1, 0.15) is 19.2 Å². The Morgan fingerprint density at radius 3 is 2.22 bits per heavy atom. The van der Waals surface area contributed by atoms with E-state index in [1.54, 1.807) is 0 Å². The van der Waals surface area contributed by atoms with Gasteiger partial charge in [-0.1, -0.05) is 104 Å². The number of aromatic nitrogens is 3. The smallest absolute Gasteiger partial charge is 0.235 e. The summed E-state index contributed by atoms with van der Waals surface area (Å²) in [6, 6.07) is 40.5. The summed E-state index contributed by atoms with van der Waals surface area (Å²) in [5, 5.41) is 7.23. The molecule has 0 amide bonds. The lowest BCUT2D eigenvalue weighted by molar-refractivity contribution is 0.669. The Hall–Kier alpha value is -5.00. The van der Waals surface area contributed by atoms with Gasteiger partial charge < -0.3 is 4.42 Å². The minimum Gasteiger partial charge on any atom is -0.456 e. The minimum atomic E-state index is -2.07. The zero-order chi connectivity index (χ0) is 27.3. The van der Waals surface area contributed by atoms with Gasteiger partial charge in [0.25, 0.3) is 0 Å². The third-order valence-corrected chi connectivity index (χ3v) is 12.1. The normalized spacial score (nSPS) is 13.8. The van der Waals surface area contributed by atoms with Gasteiger partial charge in [0.05, 0.1) is 16.7 Å². The minimum absolute atomic E-state index is 0.717. The third kappa shape index (κ3) is 2.98. The quantitative estimate of drug-likeness (QED) is 0.208. The summed E-state index contributed by atoms with van der Waals surface area (Å²) in [6.07, 6.45) is 0. The highest BCUT2D eigenvalue weighted by Gasteiger charge is 2.41. The van der Waals surface area contributed by atoms with Crippen LogP contribution in [0.4, 0.5) is 0 Å². The van der Waals surface area contributed by atoms with E-state index in [2.05, 4.69) is 121 Å². The molecule has 4 nitrogen and oxygen atoms in total. The highest BCUT2D eigenvalue weighted by Crippen LogP contribution is 2.41. The van der Waals surface area contributed by atoms with Crippen molar-refractivity contribution in [3.8, 4) is 28.3 Å². The molecule has 0 fully saturated rings. The van der Waals surface area contributed by atoms with Crippen LogP contribution in [-0.2, 0) is 0 Å². The summed E-state index contributed by atoms with van der Waals surface area (Å²) >= 11 is 0. The first kappa shape index (κ1) is 22.8. The molecule has 1 aliphatic rings. The zero-order valence-corrected chi connectivity index (χ0v) is 23.7. The second-order valence-electron chi connectivity index (χ2n) is 11.4. The van der Waals surface area contributed by atoms with Crippen LogP contribution in [-0.4, -0.2) is 22.6 Å². The predicted molar refractivity (Wildman–Crippen MR) is 171 cm³/mol. The number of benzene rings is 5. The van der Waals surface area contributed by atoms with E-state index in [9.17, 15) is 0 Å². The van der Waals surface area contributed by atoms with Crippen molar-refractivity contribution in [2.45, 2.75) is 13.1 Å². The average molecular weight is 544 g/mol. The molecule has 1 aliphatic heterocycles. The summed E-state index contributed by atoms with van der Waals surface area (Å²) in [5.41, 5.74) is 8.54. The molecule has 0 aliphatic carbocycles. The van der Waals surface area contributed by atoms with Gasteiger partial charge in [-0.2, -0.15) is 0 Å². The molecule has 5 aromatic carbocycles. The van der Waals surface area contributed by atoms with Crippen molar-refractivity contribution in [3.63, 3.8) is 0 Å². The van der Waals surface area contributed by atoms with Gasteiger partial charge in [0, 0.05) is 38.0 Å².